The lowest BCUT2D eigenvalue weighted by atomic mass is 9.82. The molecule has 3 aromatic rings. The van der Waals surface area contributed by atoms with E-state index in [9.17, 15) is 18.0 Å². The molecule has 0 radical (unpaired) electrons. The minimum absolute atomic E-state index is 0.0171. The fourth-order valence-corrected chi connectivity index (χ4v) is 3.69. The van der Waals surface area contributed by atoms with Crippen LogP contribution in [0.2, 0.25) is 0 Å². The molecule has 2 aromatic heterocycles. The number of fused-ring (bicyclic) bond motifs is 1. The Kier molecular flexibility index (Phi) is 6.00. The first kappa shape index (κ1) is 22.0. The largest absolute Gasteiger partial charge is 0.394 e. The molecule has 1 fully saturated rings. The highest BCUT2D eigenvalue weighted by Gasteiger charge is 2.45. The van der Waals surface area contributed by atoms with Crippen LogP contribution < -0.4 is 5.32 Å². The van der Waals surface area contributed by atoms with Gasteiger partial charge in [0.15, 0.2) is 5.84 Å². The number of carbonyl (C=O) groups excluding carboxylic acids is 1. The zero-order valence-electron chi connectivity index (χ0n) is 16.6. The van der Waals surface area contributed by atoms with Gasteiger partial charge in [0, 0.05) is 35.0 Å². The molecule has 166 valence electrons. The quantitative estimate of drug-likeness (QED) is 0.292. The zero-order valence-corrected chi connectivity index (χ0v) is 18.2. The Bertz CT molecular complexity index is 1220. The number of anilines is 1. The molecule has 32 heavy (non-hydrogen) atoms. The monoisotopic (exact) mass is 507 g/mol. The van der Waals surface area contributed by atoms with E-state index in [0.29, 0.717) is 11.2 Å². The first-order chi connectivity index (χ1) is 15.3. The second-order valence-electron chi connectivity index (χ2n) is 7.37. The Balaban J connectivity index is 1.50. The molecule has 1 aromatic carbocycles. The van der Waals surface area contributed by atoms with E-state index >= 15 is 0 Å². The average Bonchev–Trinajstić information content (AvgIpc) is 3.14. The van der Waals surface area contributed by atoms with Crippen LogP contribution >= 0.6 is 15.9 Å². The van der Waals surface area contributed by atoms with E-state index in [1.54, 1.807) is 22.7 Å². The third kappa shape index (κ3) is 4.67. The Hall–Kier alpha value is -3.21. The molecule has 1 saturated carbocycles. The van der Waals surface area contributed by atoms with Crippen molar-refractivity contribution < 1.29 is 22.8 Å². The third-order valence-corrected chi connectivity index (χ3v) is 5.43. The molecule has 0 aliphatic heterocycles. The lowest BCUT2D eigenvalue weighted by Crippen LogP contribution is -2.37. The molecule has 7 nitrogen and oxygen atoms in total. The number of nitrogens with one attached hydrogen (secondary N) is 1. The first-order valence-corrected chi connectivity index (χ1v) is 10.3. The number of aromatic nitrogens is 2. The van der Waals surface area contributed by atoms with Gasteiger partial charge < -0.3 is 10.2 Å². The van der Waals surface area contributed by atoms with Gasteiger partial charge in [0.25, 0.3) is 5.91 Å². The Morgan fingerprint density at radius 2 is 2.12 bits per heavy atom. The van der Waals surface area contributed by atoms with Gasteiger partial charge in [-0.2, -0.15) is 0 Å². The molecule has 2 heterocycles. The molecule has 11 heteroatoms. The van der Waals surface area contributed by atoms with Gasteiger partial charge in [-0.1, -0.05) is 5.16 Å². The van der Waals surface area contributed by atoms with Crippen LogP contribution in [0, 0.1) is 11.7 Å². The summed E-state index contributed by atoms with van der Waals surface area (Å²) in [5.74, 6) is -4.13. The maximum Gasteiger partial charge on any atom is 0.274 e. The van der Waals surface area contributed by atoms with Crippen molar-refractivity contribution in [3.05, 3.63) is 64.3 Å². The van der Waals surface area contributed by atoms with Crippen LogP contribution in [0.4, 0.5) is 18.9 Å². The standard InChI is InChI=1S/C21H17BrF3N5O2/c1-26-19(29-32-11-12-7-21(24,25)8-12)13-2-4-15(23)16(6-13)28-20(31)17-9-27-18-5-3-14(22)10-30(17)18/h2-6,9-10,12H,1,7-8,11H2,(H,28,31)/b29-19-. The van der Waals surface area contributed by atoms with E-state index in [-0.39, 0.29) is 42.6 Å². The molecular formula is C21H17BrF3N5O2. The molecule has 0 atom stereocenters. The van der Waals surface area contributed by atoms with Crippen molar-refractivity contribution in [2.75, 3.05) is 11.9 Å². The molecule has 0 bridgehead atoms. The minimum atomic E-state index is -2.64. The average molecular weight is 508 g/mol. The molecular weight excluding hydrogens is 491 g/mol. The predicted molar refractivity (Wildman–Crippen MR) is 117 cm³/mol. The van der Waals surface area contributed by atoms with Gasteiger partial charge in [-0.3, -0.25) is 9.20 Å². The molecule has 1 amide bonds. The van der Waals surface area contributed by atoms with Crippen molar-refractivity contribution in [3.63, 3.8) is 0 Å². The Labute approximate surface area is 189 Å². The molecule has 1 aliphatic carbocycles. The van der Waals surface area contributed by atoms with Crippen LogP contribution in [-0.2, 0) is 4.84 Å². The van der Waals surface area contributed by atoms with E-state index in [1.807, 2.05) is 0 Å². The van der Waals surface area contributed by atoms with E-state index in [0.717, 1.165) is 10.5 Å². The van der Waals surface area contributed by atoms with Crippen molar-refractivity contribution in [2.24, 2.45) is 16.1 Å². The van der Waals surface area contributed by atoms with Crippen LogP contribution in [0.15, 0.2) is 57.3 Å². The van der Waals surface area contributed by atoms with Crippen molar-refractivity contribution >= 4 is 45.7 Å². The highest BCUT2D eigenvalue weighted by molar-refractivity contribution is 9.10. The van der Waals surface area contributed by atoms with Crippen LogP contribution in [0.1, 0.15) is 28.9 Å². The number of halogens is 4. The minimum Gasteiger partial charge on any atom is -0.394 e. The second-order valence-corrected chi connectivity index (χ2v) is 8.28. The van der Waals surface area contributed by atoms with E-state index in [2.05, 4.69) is 43.1 Å². The smallest absolute Gasteiger partial charge is 0.274 e. The summed E-state index contributed by atoms with van der Waals surface area (Å²) < 4.78 is 42.5. The number of amides is 1. The van der Waals surface area contributed by atoms with Gasteiger partial charge in [-0.05, 0) is 53.0 Å². The number of pyridine rings is 1. The number of alkyl halides is 2. The fraction of sp³-hybridized carbons (Fsp3) is 0.238. The van der Waals surface area contributed by atoms with E-state index < -0.39 is 17.6 Å². The number of hydrogen-bond acceptors (Lipinski definition) is 4. The third-order valence-electron chi connectivity index (χ3n) is 4.96. The van der Waals surface area contributed by atoms with Gasteiger partial charge in [-0.25, -0.2) is 23.1 Å². The number of rotatable bonds is 6. The number of aliphatic imine (C=N–C) groups is 1. The summed E-state index contributed by atoms with van der Waals surface area (Å²) in [6.45, 7) is 3.43. The summed E-state index contributed by atoms with van der Waals surface area (Å²) in [4.78, 5) is 25.8. The molecule has 0 unspecified atom stereocenters. The lowest BCUT2D eigenvalue weighted by Gasteiger charge is -2.33. The molecule has 0 saturated heterocycles. The van der Waals surface area contributed by atoms with E-state index in [4.69, 9.17) is 4.84 Å². The normalized spacial score (nSPS) is 15.9. The van der Waals surface area contributed by atoms with Crippen molar-refractivity contribution in [1.29, 1.82) is 0 Å². The topological polar surface area (TPSA) is 80.3 Å². The highest BCUT2D eigenvalue weighted by atomic mass is 79.9. The number of hydrogen-bond donors (Lipinski definition) is 1. The number of imidazole rings is 1. The van der Waals surface area contributed by atoms with Crippen LogP contribution in [-0.4, -0.2) is 40.4 Å². The summed E-state index contributed by atoms with van der Waals surface area (Å²) in [5, 5.41) is 6.33. The summed E-state index contributed by atoms with van der Waals surface area (Å²) in [6.07, 6.45) is 2.57. The maximum absolute atomic E-state index is 14.4. The second kappa shape index (κ2) is 8.73. The summed E-state index contributed by atoms with van der Waals surface area (Å²) in [7, 11) is 0. The van der Waals surface area contributed by atoms with Crippen molar-refractivity contribution in [3.8, 4) is 0 Å². The van der Waals surface area contributed by atoms with Crippen molar-refractivity contribution in [2.45, 2.75) is 18.8 Å². The van der Waals surface area contributed by atoms with Gasteiger partial charge in [0.1, 0.15) is 23.8 Å². The van der Waals surface area contributed by atoms with Gasteiger partial charge in [0.05, 0.1) is 11.9 Å². The number of amidine groups is 1. The first-order valence-electron chi connectivity index (χ1n) is 9.54. The highest BCUT2D eigenvalue weighted by Crippen LogP contribution is 2.42. The lowest BCUT2D eigenvalue weighted by molar-refractivity contribution is -0.128. The number of nitrogens with zero attached hydrogens (tertiary/aromatic N) is 4. The van der Waals surface area contributed by atoms with Crippen LogP contribution in [0.3, 0.4) is 0 Å². The maximum atomic E-state index is 14.4. The molecule has 1 N–H and O–H groups in total. The zero-order chi connectivity index (χ0) is 22.9. The summed E-state index contributed by atoms with van der Waals surface area (Å²) in [6, 6.07) is 7.38. The van der Waals surface area contributed by atoms with Gasteiger partial charge >= 0.3 is 0 Å². The van der Waals surface area contributed by atoms with E-state index in [1.165, 1.54) is 18.3 Å². The Morgan fingerprint density at radius 1 is 1.34 bits per heavy atom. The Morgan fingerprint density at radius 3 is 2.84 bits per heavy atom. The molecule has 1 aliphatic rings. The van der Waals surface area contributed by atoms with Crippen LogP contribution in [0.5, 0.6) is 0 Å². The SMILES string of the molecule is C=N/C(=N\OCC1CC(F)(F)C1)c1ccc(F)c(NC(=O)c2cnc3ccc(Br)cn23)c1. The summed E-state index contributed by atoms with van der Waals surface area (Å²) >= 11 is 3.34. The number of benzene rings is 1. The van der Waals surface area contributed by atoms with Gasteiger partial charge in [-0.15, -0.1) is 0 Å². The van der Waals surface area contributed by atoms with Gasteiger partial charge in [0.2, 0.25) is 5.92 Å². The molecule has 0 spiro atoms. The summed E-state index contributed by atoms with van der Waals surface area (Å²) in [5.41, 5.74) is 0.991. The number of oxime groups is 1. The van der Waals surface area contributed by atoms with Crippen molar-refractivity contribution in [1.82, 2.24) is 9.38 Å². The molecule has 4 rings (SSSR count). The fourth-order valence-electron chi connectivity index (χ4n) is 3.35. The predicted octanol–water partition coefficient (Wildman–Crippen LogP) is 4.91. The van der Waals surface area contributed by atoms with Crippen LogP contribution in [0.25, 0.3) is 5.65 Å². The number of carbonyl (C=O) groups is 1.